The number of benzene rings is 2. The first-order valence-corrected chi connectivity index (χ1v) is 12.5. The molecule has 2 heterocycles. The number of thioether (sulfide) groups is 1. The van der Waals surface area contributed by atoms with E-state index >= 15 is 0 Å². The number of nitrogens with zero attached hydrogens (tertiary/aromatic N) is 1. The van der Waals surface area contributed by atoms with Gasteiger partial charge in [-0.2, -0.15) is 0 Å². The molecular formula is C25H25N3O4S2. The number of amides is 1. The van der Waals surface area contributed by atoms with Crippen LogP contribution in [0.3, 0.4) is 0 Å². The Morgan fingerprint density at radius 2 is 1.88 bits per heavy atom. The summed E-state index contributed by atoms with van der Waals surface area (Å²) in [5.74, 6) is 1.96. The summed E-state index contributed by atoms with van der Waals surface area (Å²) in [5, 5.41) is 5.14. The van der Waals surface area contributed by atoms with Gasteiger partial charge in [-0.3, -0.25) is 9.59 Å². The van der Waals surface area contributed by atoms with E-state index in [0.717, 1.165) is 16.7 Å². The number of nitrogens with one attached hydrogen (secondary N) is 2. The van der Waals surface area contributed by atoms with Crippen molar-refractivity contribution in [3.8, 4) is 22.6 Å². The van der Waals surface area contributed by atoms with E-state index in [9.17, 15) is 9.59 Å². The van der Waals surface area contributed by atoms with Crippen LogP contribution in [0.15, 0.2) is 52.6 Å². The molecule has 9 heteroatoms. The third-order valence-electron chi connectivity index (χ3n) is 5.41. The van der Waals surface area contributed by atoms with Crippen LogP contribution in [0.5, 0.6) is 11.5 Å². The largest absolute Gasteiger partial charge is 0.493 e. The average molecular weight is 496 g/mol. The van der Waals surface area contributed by atoms with E-state index in [-0.39, 0.29) is 16.7 Å². The van der Waals surface area contributed by atoms with Crippen molar-refractivity contribution in [2.75, 3.05) is 19.5 Å². The van der Waals surface area contributed by atoms with E-state index in [0.29, 0.717) is 39.0 Å². The Labute approximate surface area is 205 Å². The highest BCUT2D eigenvalue weighted by atomic mass is 32.2. The lowest BCUT2D eigenvalue weighted by Crippen LogP contribution is -2.23. The molecule has 7 nitrogen and oxygen atoms in total. The molecule has 0 saturated carbocycles. The molecule has 0 aliphatic heterocycles. The normalized spacial score (nSPS) is 11.9. The molecule has 0 saturated heterocycles. The monoisotopic (exact) mass is 495 g/mol. The molecule has 0 fully saturated rings. The van der Waals surface area contributed by atoms with Crippen molar-refractivity contribution in [2.24, 2.45) is 0 Å². The molecule has 2 aromatic heterocycles. The fraction of sp³-hybridized carbons (Fsp3) is 0.240. The second-order valence-corrected chi connectivity index (χ2v) is 9.86. The summed E-state index contributed by atoms with van der Waals surface area (Å²) in [4.78, 5) is 33.8. The molecule has 2 aromatic carbocycles. The molecule has 1 amide bonds. The van der Waals surface area contributed by atoms with Crippen molar-refractivity contribution in [1.82, 2.24) is 9.97 Å². The van der Waals surface area contributed by atoms with Gasteiger partial charge in [-0.1, -0.05) is 30.3 Å². The fourth-order valence-electron chi connectivity index (χ4n) is 3.52. The Hall–Kier alpha value is -3.30. The first kappa shape index (κ1) is 23.8. The summed E-state index contributed by atoms with van der Waals surface area (Å²) >= 11 is 2.85. The molecule has 0 bridgehead atoms. The van der Waals surface area contributed by atoms with Gasteiger partial charge in [0, 0.05) is 22.7 Å². The number of hydrogen-bond donors (Lipinski definition) is 2. The zero-order valence-corrected chi connectivity index (χ0v) is 20.9. The highest BCUT2D eigenvalue weighted by Crippen LogP contribution is 2.34. The molecule has 176 valence electrons. The predicted molar refractivity (Wildman–Crippen MR) is 139 cm³/mol. The van der Waals surface area contributed by atoms with Crippen LogP contribution in [-0.2, 0) is 10.5 Å². The number of anilines is 1. The summed E-state index contributed by atoms with van der Waals surface area (Å²) in [5.41, 5.74) is 3.23. The van der Waals surface area contributed by atoms with Crippen molar-refractivity contribution in [3.63, 3.8) is 0 Å². The number of aryl methyl sites for hydroxylation is 1. The number of carbonyl (C=O) groups is 1. The SMILES string of the molecule is COc1cc(C)c(NC(=O)C(C)SCc2nc3scc(-c4ccccc4)c3c(=O)[nH]2)cc1OC. The number of methoxy groups -OCH3 is 2. The number of rotatable bonds is 8. The lowest BCUT2D eigenvalue weighted by atomic mass is 10.1. The third-order valence-corrected chi connectivity index (χ3v) is 7.43. The standard InChI is InChI=1S/C25H25N3O4S2/c1-14-10-19(31-3)20(32-4)11-18(14)26-23(29)15(2)33-13-21-27-24(30)22-17(12-34-25(22)28-21)16-8-6-5-7-9-16/h5-12,15H,13H2,1-4H3,(H,26,29)(H,27,28,30). The van der Waals surface area contributed by atoms with Gasteiger partial charge in [0.2, 0.25) is 5.91 Å². The van der Waals surface area contributed by atoms with Crippen LogP contribution < -0.4 is 20.3 Å². The Bertz CT molecular complexity index is 1380. The van der Waals surface area contributed by atoms with Gasteiger partial charge in [0.05, 0.1) is 30.6 Å². The van der Waals surface area contributed by atoms with Gasteiger partial charge in [0.25, 0.3) is 5.56 Å². The van der Waals surface area contributed by atoms with Gasteiger partial charge >= 0.3 is 0 Å². The number of aromatic amines is 1. The number of thiophene rings is 1. The Kier molecular flexibility index (Phi) is 7.23. The number of fused-ring (bicyclic) bond motifs is 1. The van der Waals surface area contributed by atoms with E-state index in [1.807, 2.05) is 55.6 Å². The molecule has 0 spiro atoms. The minimum Gasteiger partial charge on any atom is -0.493 e. The minimum atomic E-state index is -0.364. The molecular weight excluding hydrogens is 470 g/mol. The van der Waals surface area contributed by atoms with Crippen molar-refractivity contribution < 1.29 is 14.3 Å². The van der Waals surface area contributed by atoms with Crippen molar-refractivity contribution in [1.29, 1.82) is 0 Å². The number of hydrogen-bond acceptors (Lipinski definition) is 7. The Morgan fingerprint density at radius 1 is 1.18 bits per heavy atom. The molecule has 0 aliphatic rings. The summed E-state index contributed by atoms with van der Waals surface area (Å²) < 4.78 is 10.6. The van der Waals surface area contributed by atoms with Crippen LogP contribution in [0.25, 0.3) is 21.3 Å². The van der Waals surface area contributed by atoms with Crippen LogP contribution in [0.2, 0.25) is 0 Å². The van der Waals surface area contributed by atoms with Crippen molar-refractivity contribution in [3.05, 3.63) is 69.6 Å². The Morgan fingerprint density at radius 3 is 2.59 bits per heavy atom. The second kappa shape index (κ2) is 10.3. The third kappa shape index (κ3) is 4.95. The molecule has 0 radical (unpaired) electrons. The zero-order valence-electron chi connectivity index (χ0n) is 19.3. The van der Waals surface area contributed by atoms with E-state index in [1.165, 1.54) is 23.1 Å². The number of H-pyrrole nitrogens is 1. The van der Waals surface area contributed by atoms with Gasteiger partial charge in [-0.25, -0.2) is 4.98 Å². The molecule has 1 atom stereocenters. The second-order valence-electron chi connectivity index (χ2n) is 7.67. The van der Waals surface area contributed by atoms with Gasteiger partial charge in [0.15, 0.2) is 11.5 Å². The smallest absolute Gasteiger partial charge is 0.260 e. The maximum Gasteiger partial charge on any atom is 0.260 e. The van der Waals surface area contributed by atoms with Crippen LogP contribution in [-0.4, -0.2) is 35.3 Å². The summed E-state index contributed by atoms with van der Waals surface area (Å²) in [7, 11) is 3.13. The van der Waals surface area contributed by atoms with Crippen LogP contribution in [0, 0.1) is 6.92 Å². The highest BCUT2D eigenvalue weighted by molar-refractivity contribution is 7.99. The summed E-state index contributed by atoms with van der Waals surface area (Å²) in [6.07, 6.45) is 0. The minimum absolute atomic E-state index is 0.147. The maximum atomic E-state index is 12.8. The Balaban J connectivity index is 1.46. The lowest BCUT2D eigenvalue weighted by Gasteiger charge is -2.16. The average Bonchev–Trinajstić information content (AvgIpc) is 3.28. The maximum absolute atomic E-state index is 12.8. The number of aromatic nitrogens is 2. The van der Waals surface area contributed by atoms with Crippen LogP contribution in [0.1, 0.15) is 18.3 Å². The van der Waals surface area contributed by atoms with Crippen LogP contribution in [0.4, 0.5) is 5.69 Å². The van der Waals surface area contributed by atoms with Gasteiger partial charge in [-0.15, -0.1) is 23.1 Å². The van der Waals surface area contributed by atoms with Crippen molar-refractivity contribution in [2.45, 2.75) is 24.9 Å². The lowest BCUT2D eigenvalue weighted by molar-refractivity contribution is -0.115. The topological polar surface area (TPSA) is 93.3 Å². The highest BCUT2D eigenvalue weighted by Gasteiger charge is 2.18. The first-order valence-electron chi connectivity index (χ1n) is 10.6. The molecule has 4 rings (SSSR count). The van der Waals surface area contributed by atoms with Gasteiger partial charge < -0.3 is 19.8 Å². The molecule has 1 unspecified atom stereocenters. The fourth-order valence-corrected chi connectivity index (χ4v) is 5.24. The number of ether oxygens (including phenoxy) is 2. The van der Waals surface area contributed by atoms with Gasteiger partial charge in [0.1, 0.15) is 10.7 Å². The van der Waals surface area contributed by atoms with E-state index < -0.39 is 0 Å². The summed E-state index contributed by atoms with van der Waals surface area (Å²) in [6, 6.07) is 13.4. The van der Waals surface area contributed by atoms with Crippen molar-refractivity contribution >= 4 is 44.9 Å². The summed E-state index contributed by atoms with van der Waals surface area (Å²) in [6.45, 7) is 3.72. The number of carbonyl (C=O) groups excluding carboxylic acids is 1. The molecule has 2 N–H and O–H groups in total. The molecule has 4 aromatic rings. The van der Waals surface area contributed by atoms with E-state index in [2.05, 4.69) is 15.3 Å². The quantitative estimate of drug-likeness (QED) is 0.347. The molecule has 34 heavy (non-hydrogen) atoms. The zero-order chi connectivity index (χ0) is 24.2. The van der Waals surface area contributed by atoms with E-state index in [1.54, 1.807) is 20.3 Å². The van der Waals surface area contributed by atoms with Gasteiger partial charge in [-0.05, 0) is 31.0 Å². The first-order chi connectivity index (χ1) is 16.4. The molecule has 0 aliphatic carbocycles. The van der Waals surface area contributed by atoms with E-state index in [4.69, 9.17) is 9.47 Å². The van der Waals surface area contributed by atoms with Crippen LogP contribution >= 0.6 is 23.1 Å². The predicted octanol–water partition coefficient (Wildman–Crippen LogP) is 5.24.